The molecule has 1 aliphatic heterocycles. The van der Waals surface area contributed by atoms with E-state index in [1.54, 1.807) is 24.3 Å². The van der Waals surface area contributed by atoms with Crippen LogP contribution in [0.15, 0.2) is 42.0 Å². The largest absolute Gasteiger partial charge is 0.493 e. The molecule has 0 saturated carbocycles. The minimum absolute atomic E-state index is 0.0741. The van der Waals surface area contributed by atoms with Crippen LogP contribution in [0.4, 0.5) is 10.5 Å². The van der Waals surface area contributed by atoms with Crippen LogP contribution >= 0.6 is 11.6 Å². The Labute approximate surface area is 191 Å². The average molecular weight is 457 g/mol. The third-order valence-electron chi connectivity index (χ3n) is 5.16. The average Bonchev–Trinajstić information content (AvgIpc) is 2.78. The van der Waals surface area contributed by atoms with Crippen LogP contribution in [0.2, 0.25) is 5.02 Å². The molecule has 1 heterocycles. The van der Waals surface area contributed by atoms with E-state index >= 15 is 0 Å². The molecular formula is C24H25ClN2O5. The maximum absolute atomic E-state index is 13.1. The van der Waals surface area contributed by atoms with E-state index in [-0.39, 0.29) is 16.7 Å². The molecule has 4 amide bonds. The number of halogens is 1. The lowest BCUT2D eigenvalue weighted by atomic mass is 10.1. The maximum atomic E-state index is 13.1. The summed E-state index contributed by atoms with van der Waals surface area (Å²) in [6, 6.07) is 9.40. The molecular weight excluding hydrogens is 432 g/mol. The third-order valence-corrected chi connectivity index (χ3v) is 5.44. The number of amides is 4. The number of urea groups is 1. The van der Waals surface area contributed by atoms with Gasteiger partial charge in [0.2, 0.25) is 0 Å². The Hall–Kier alpha value is -3.32. The second-order valence-corrected chi connectivity index (χ2v) is 7.76. The van der Waals surface area contributed by atoms with E-state index in [2.05, 4.69) is 5.32 Å². The predicted molar refractivity (Wildman–Crippen MR) is 123 cm³/mol. The molecule has 3 rings (SSSR count). The number of hydrogen-bond acceptors (Lipinski definition) is 5. The minimum atomic E-state index is -0.797. The number of anilines is 1. The number of barbiturate groups is 1. The van der Waals surface area contributed by atoms with Gasteiger partial charge in [-0.05, 0) is 61.2 Å². The van der Waals surface area contributed by atoms with Gasteiger partial charge in [-0.1, -0.05) is 37.6 Å². The minimum Gasteiger partial charge on any atom is -0.493 e. The van der Waals surface area contributed by atoms with Crippen molar-refractivity contribution < 1.29 is 23.9 Å². The molecule has 0 bridgehead atoms. The molecule has 0 aromatic heterocycles. The van der Waals surface area contributed by atoms with E-state index in [1.807, 2.05) is 32.9 Å². The first-order valence-corrected chi connectivity index (χ1v) is 10.7. The van der Waals surface area contributed by atoms with Gasteiger partial charge in [0.15, 0.2) is 11.5 Å². The molecule has 2 aromatic rings. The van der Waals surface area contributed by atoms with Crippen LogP contribution in [0.25, 0.3) is 6.08 Å². The number of nitrogens with one attached hydrogen (secondary N) is 1. The van der Waals surface area contributed by atoms with E-state index in [0.717, 1.165) is 23.3 Å². The Morgan fingerprint density at radius 3 is 2.41 bits per heavy atom. The van der Waals surface area contributed by atoms with Crippen molar-refractivity contribution in [3.05, 3.63) is 58.1 Å². The van der Waals surface area contributed by atoms with Gasteiger partial charge in [-0.3, -0.25) is 14.9 Å². The van der Waals surface area contributed by atoms with E-state index in [0.29, 0.717) is 22.7 Å². The molecule has 0 spiro atoms. The van der Waals surface area contributed by atoms with Crippen molar-refractivity contribution in [2.45, 2.75) is 39.7 Å². The van der Waals surface area contributed by atoms with Crippen LogP contribution < -0.4 is 19.7 Å². The second-order valence-electron chi connectivity index (χ2n) is 7.35. The number of aryl methyl sites for hydroxylation is 1. The Morgan fingerprint density at radius 1 is 1.12 bits per heavy atom. The quantitative estimate of drug-likeness (QED) is 0.480. The molecule has 0 radical (unpaired) electrons. The number of rotatable bonds is 7. The highest BCUT2D eigenvalue weighted by Crippen LogP contribution is 2.38. The highest BCUT2D eigenvalue weighted by atomic mass is 35.5. The highest BCUT2D eigenvalue weighted by Gasteiger charge is 2.36. The fourth-order valence-corrected chi connectivity index (χ4v) is 3.43. The zero-order valence-electron chi connectivity index (χ0n) is 18.4. The standard InChI is InChI=1S/C24H25ClN2O5/c1-5-14(3)32-21-19(25)12-16(13-20(21)31-4)11-18-22(28)26-24(30)27(23(18)29)17-9-7-15(6-2)8-10-17/h7-14H,5-6H2,1-4H3,(H,26,28,30)/b18-11+/t14-/m1/s1. The van der Waals surface area contributed by atoms with Crippen LogP contribution in [0.5, 0.6) is 11.5 Å². The lowest BCUT2D eigenvalue weighted by Crippen LogP contribution is -2.54. The molecule has 8 heteroatoms. The summed E-state index contributed by atoms with van der Waals surface area (Å²) in [7, 11) is 1.48. The number of ether oxygens (including phenoxy) is 2. The molecule has 32 heavy (non-hydrogen) atoms. The molecule has 0 unspecified atom stereocenters. The number of nitrogens with zero attached hydrogens (tertiary/aromatic N) is 1. The van der Waals surface area contributed by atoms with Crippen molar-refractivity contribution in [1.82, 2.24) is 5.32 Å². The van der Waals surface area contributed by atoms with E-state index in [9.17, 15) is 14.4 Å². The van der Waals surface area contributed by atoms with Gasteiger partial charge in [0.1, 0.15) is 5.57 Å². The summed E-state index contributed by atoms with van der Waals surface area (Å²) < 4.78 is 11.2. The van der Waals surface area contributed by atoms with Crippen molar-refractivity contribution in [3.8, 4) is 11.5 Å². The summed E-state index contributed by atoms with van der Waals surface area (Å²) in [5, 5.41) is 2.50. The summed E-state index contributed by atoms with van der Waals surface area (Å²) in [6.07, 6.45) is 2.90. The third kappa shape index (κ3) is 4.78. The van der Waals surface area contributed by atoms with Crippen LogP contribution in [0, 0.1) is 0 Å². The van der Waals surface area contributed by atoms with Crippen molar-refractivity contribution in [2.75, 3.05) is 12.0 Å². The molecule has 168 valence electrons. The number of benzene rings is 2. The molecule has 1 aliphatic rings. The summed E-state index contributed by atoms with van der Waals surface area (Å²) in [6.45, 7) is 5.90. The topological polar surface area (TPSA) is 84.9 Å². The lowest BCUT2D eigenvalue weighted by Gasteiger charge is -2.26. The maximum Gasteiger partial charge on any atom is 0.335 e. The fourth-order valence-electron chi connectivity index (χ4n) is 3.16. The monoisotopic (exact) mass is 456 g/mol. The molecule has 0 aliphatic carbocycles. The van der Waals surface area contributed by atoms with Crippen molar-refractivity contribution in [3.63, 3.8) is 0 Å². The number of carbonyl (C=O) groups excluding carboxylic acids is 3. The van der Waals surface area contributed by atoms with Gasteiger partial charge < -0.3 is 9.47 Å². The SMILES string of the molecule is CCc1ccc(N2C(=O)NC(=O)/C(=C\c3cc(Cl)c(O[C@H](C)CC)c(OC)c3)C2=O)cc1. The smallest absolute Gasteiger partial charge is 0.335 e. The Kier molecular flexibility index (Phi) is 7.20. The van der Waals surface area contributed by atoms with Gasteiger partial charge in [0.05, 0.1) is 23.9 Å². The summed E-state index contributed by atoms with van der Waals surface area (Å²) in [5.41, 5.74) is 1.69. The summed E-state index contributed by atoms with van der Waals surface area (Å²) in [4.78, 5) is 38.9. The number of carbonyl (C=O) groups is 3. The summed E-state index contributed by atoms with van der Waals surface area (Å²) in [5.74, 6) is -0.747. The van der Waals surface area contributed by atoms with Crippen LogP contribution in [0.3, 0.4) is 0 Å². The van der Waals surface area contributed by atoms with E-state index in [1.165, 1.54) is 13.2 Å². The van der Waals surface area contributed by atoms with Gasteiger partial charge in [-0.15, -0.1) is 0 Å². The van der Waals surface area contributed by atoms with Gasteiger partial charge in [-0.2, -0.15) is 0 Å². The van der Waals surface area contributed by atoms with E-state index < -0.39 is 17.8 Å². The lowest BCUT2D eigenvalue weighted by molar-refractivity contribution is -0.122. The predicted octanol–water partition coefficient (Wildman–Crippen LogP) is 4.75. The summed E-state index contributed by atoms with van der Waals surface area (Å²) >= 11 is 6.40. The van der Waals surface area contributed by atoms with Gasteiger partial charge in [0.25, 0.3) is 11.8 Å². The molecule has 2 aromatic carbocycles. The van der Waals surface area contributed by atoms with Crippen molar-refractivity contribution in [2.24, 2.45) is 0 Å². The first kappa shape index (κ1) is 23.3. The van der Waals surface area contributed by atoms with Crippen LogP contribution in [0.1, 0.15) is 38.3 Å². The molecule has 1 fully saturated rings. The second kappa shape index (κ2) is 9.87. The molecule has 1 N–H and O–H groups in total. The Balaban J connectivity index is 1.99. The van der Waals surface area contributed by atoms with Gasteiger partial charge in [0, 0.05) is 0 Å². The van der Waals surface area contributed by atoms with Gasteiger partial charge >= 0.3 is 6.03 Å². The fraction of sp³-hybridized carbons (Fsp3) is 0.292. The number of imide groups is 2. The first-order chi connectivity index (χ1) is 15.3. The number of methoxy groups -OCH3 is 1. The van der Waals surface area contributed by atoms with Crippen molar-refractivity contribution in [1.29, 1.82) is 0 Å². The zero-order chi connectivity index (χ0) is 23.4. The highest BCUT2D eigenvalue weighted by molar-refractivity contribution is 6.39. The Bertz CT molecular complexity index is 1080. The molecule has 7 nitrogen and oxygen atoms in total. The first-order valence-electron chi connectivity index (χ1n) is 10.3. The van der Waals surface area contributed by atoms with Crippen molar-refractivity contribution >= 4 is 41.2 Å². The zero-order valence-corrected chi connectivity index (χ0v) is 19.2. The van der Waals surface area contributed by atoms with Crippen LogP contribution in [-0.4, -0.2) is 31.1 Å². The van der Waals surface area contributed by atoms with Crippen LogP contribution in [-0.2, 0) is 16.0 Å². The van der Waals surface area contributed by atoms with E-state index in [4.69, 9.17) is 21.1 Å². The van der Waals surface area contributed by atoms with Gasteiger partial charge in [-0.25, -0.2) is 9.69 Å². The molecule has 1 atom stereocenters. The molecule has 1 saturated heterocycles. The number of hydrogen-bond donors (Lipinski definition) is 1. The normalized spacial score (nSPS) is 16.2. The Morgan fingerprint density at radius 2 is 1.81 bits per heavy atom.